The monoisotopic (exact) mass is 904 g/mol. The molecule has 24 heteroatoms. The van der Waals surface area contributed by atoms with E-state index < -0.39 is 30.0 Å². The van der Waals surface area contributed by atoms with Gasteiger partial charge in [-0.05, 0) is 59.7 Å². The molecular formula is C38H42N12Na2O8S2. The van der Waals surface area contributed by atoms with Crippen LogP contribution in [0.1, 0.15) is 11.1 Å². The molecule has 0 bridgehead atoms. The number of hydrogen-bond acceptors (Lipinski definition) is 18. The van der Waals surface area contributed by atoms with Gasteiger partial charge in [0.1, 0.15) is 9.79 Å². The van der Waals surface area contributed by atoms with E-state index >= 15 is 0 Å². The van der Waals surface area contributed by atoms with E-state index in [-0.39, 0.29) is 144 Å². The third-order valence-electron chi connectivity index (χ3n) is 8.40. The van der Waals surface area contributed by atoms with Gasteiger partial charge >= 0.3 is 59.1 Å². The van der Waals surface area contributed by atoms with Crippen molar-refractivity contribution in [3.8, 4) is 0 Å². The van der Waals surface area contributed by atoms with E-state index in [1.54, 1.807) is 48.2 Å². The molecule has 0 aliphatic rings. The molecule has 6 rings (SSSR count). The molecule has 62 heavy (non-hydrogen) atoms. The van der Waals surface area contributed by atoms with Crippen molar-refractivity contribution in [1.82, 2.24) is 29.9 Å². The number of aliphatic hydroxyl groups is 2. The van der Waals surface area contributed by atoms with Crippen LogP contribution >= 0.6 is 0 Å². The summed E-state index contributed by atoms with van der Waals surface area (Å²) in [6.45, 7) is 0.0646. The van der Waals surface area contributed by atoms with Gasteiger partial charge in [-0.1, -0.05) is 60.7 Å². The normalized spacial score (nSPS) is 11.3. The molecule has 2 aromatic heterocycles. The van der Waals surface area contributed by atoms with Crippen LogP contribution in [0.15, 0.2) is 107 Å². The van der Waals surface area contributed by atoms with Crippen LogP contribution in [0.2, 0.25) is 0 Å². The van der Waals surface area contributed by atoms with E-state index in [1.165, 1.54) is 36.4 Å². The number of likely N-dealkylation sites (N-methyl/N-ethyl adjacent to an activating group) is 2. The van der Waals surface area contributed by atoms with Crippen LogP contribution in [0.3, 0.4) is 0 Å². The Hall–Kier alpha value is -4.82. The third kappa shape index (κ3) is 13.8. The van der Waals surface area contributed by atoms with E-state index in [2.05, 4.69) is 51.2 Å². The van der Waals surface area contributed by atoms with Gasteiger partial charge in [0, 0.05) is 49.9 Å². The molecule has 0 aliphatic carbocycles. The van der Waals surface area contributed by atoms with Crippen LogP contribution in [-0.2, 0) is 20.2 Å². The zero-order valence-electron chi connectivity index (χ0n) is 32.0. The fraction of sp³-hybridized carbons (Fsp3) is 0.158. The van der Waals surface area contributed by atoms with E-state index in [9.17, 15) is 36.2 Å². The minimum atomic E-state index is -4.86. The summed E-state index contributed by atoms with van der Waals surface area (Å²) in [5.74, 6) is 0.704. The Kier molecular flexibility index (Phi) is 18.1. The van der Waals surface area contributed by atoms with Gasteiger partial charge in [-0.2, -0.15) is 46.7 Å². The zero-order valence-corrected chi connectivity index (χ0v) is 33.7. The molecule has 0 radical (unpaired) electrons. The standard InChI is InChI=1S/C38H40N12O8S2.2Na.2H/c1-49(19-21-51)37-45-33(39-27-9-5-3-6-10-27)43-35(47-37)41-29-17-15-25(31(23-29)59(53,54)55)13-14-26-16-18-30(24-32(26)60(56,57)58)42-36-44-34(40-28-11-7-4-8-12-28)46-38(48-36)50(2)20-22-52;;;;/h3-18,23-24,51-52H,19-22H2,1-2H3,(H,53,54,55)(H,56,57,58)(H2,39,41,43,45,47)(H2,40,42,44,46,48);;;;/b14-13+;;;;. The first-order chi connectivity index (χ1) is 28.7. The maximum absolute atomic E-state index is 12.6. The van der Waals surface area contributed by atoms with Crippen molar-refractivity contribution in [1.29, 1.82) is 0 Å². The van der Waals surface area contributed by atoms with E-state index in [0.717, 1.165) is 12.1 Å². The molecule has 0 atom stereocenters. The summed E-state index contributed by atoms with van der Waals surface area (Å²) in [5.41, 5.74) is 1.63. The Bertz CT molecular complexity index is 2530. The SMILES string of the molecule is CN(CCO)c1nc(Nc2ccccc2)nc(Nc2ccc(/C=C/c3ccc(Nc4nc(Nc5ccccc5)nc(N(C)CCO)n4)cc3S(=O)(=O)O)c(S(=O)(=O)O)c2)n1.[NaH].[NaH]. The van der Waals surface area contributed by atoms with Crippen molar-refractivity contribution in [3.05, 3.63) is 108 Å². The Morgan fingerprint density at radius 2 is 0.823 bits per heavy atom. The van der Waals surface area contributed by atoms with Crippen LogP contribution in [0.25, 0.3) is 12.2 Å². The van der Waals surface area contributed by atoms with Gasteiger partial charge < -0.3 is 41.3 Å². The van der Waals surface area contributed by atoms with Crippen LogP contribution < -0.4 is 31.1 Å². The van der Waals surface area contributed by atoms with Crippen molar-refractivity contribution in [2.45, 2.75) is 9.79 Å². The first-order valence-electron chi connectivity index (χ1n) is 17.9. The summed E-state index contributed by atoms with van der Waals surface area (Å²) in [7, 11) is -6.38. The van der Waals surface area contributed by atoms with Gasteiger partial charge in [-0.3, -0.25) is 9.11 Å². The predicted octanol–water partition coefficient (Wildman–Crippen LogP) is 3.25. The summed E-state index contributed by atoms with van der Waals surface area (Å²) in [6, 6.07) is 26.1. The average molecular weight is 905 g/mol. The number of aromatic nitrogens is 6. The van der Waals surface area contributed by atoms with Crippen molar-refractivity contribution in [2.24, 2.45) is 0 Å². The van der Waals surface area contributed by atoms with Crippen LogP contribution in [0.4, 0.5) is 58.4 Å². The topological polar surface area (TPSA) is 281 Å². The maximum atomic E-state index is 12.6. The Labute approximate surface area is 402 Å². The molecule has 0 saturated carbocycles. The van der Waals surface area contributed by atoms with Gasteiger partial charge in [0.15, 0.2) is 0 Å². The molecule has 316 valence electrons. The number of rotatable bonds is 18. The molecule has 20 nitrogen and oxygen atoms in total. The van der Waals surface area contributed by atoms with Crippen LogP contribution in [0.5, 0.6) is 0 Å². The second-order valence-corrected chi connectivity index (χ2v) is 15.7. The van der Waals surface area contributed by atoms with Gasteiger partial charge in [-0.15, -0.1) is 0 Å². The van der Waals surface area contributed by atoms with Gasteiger partial charge in [0.2, 0.25) is 35.7 Å². The molecule has 8 N–H and O–H groups in total. The first kappa shape index (κ1) is 49.8. The number of nitrogens with one attached hydrogen (secondary N) is 4. The fourth-order valence-electron chi connectivity index (χ4n) is 5.48. The molecule has 2 heterocycles. The average Bonchev–Trinajstić information content (AvgIpc) is 3.20. The summed E-state index contributed by atoms with van der Waals surface area (Å²) in [4.78, 5) is 28.5. The van der Waals surface area contributed by atoms with Crippen molar-refractivity contribution >= 4 is 150 Å². The molecular weight excluding hydrogens is 863 g/mol. The van der Waals surface area contributed by atoms with Crippen molar-refractivity contribution in [2.75, 3.05) is 71.5 Å². The van der Waals surface area contributed by atoms with Gasteiger partial charge in [-0.25, -0.2) is 0 Å². The summed E-state index contributed by atoms with van der Waals surface area (Å²) in [5, 5.41) is 30.9. The zero-order chi connectivity index (χ0) is 42.9. The Balaban J connectivity index is 0.00000422. The number of para-hydroxylation sites is 2. The fourth-order valence-corrected chi connectivity index (χ4v) is 6.90. The molecule has 6 aromatic rings. The number of hydrogen-bond donors (Lipinski definition) is 8. The number of aliphatic hydroxyl groups excluding tert-OH is 2. The summed E-state index contributed by atoms with van der Waals surface area (Å²) >= 11 is 0. The number of nitrogens with zero attached hydrogens (tertiary/aromatic N) is 8. The number of anilines is 10. The van der Waals surface area contributed by atoms with Crippen molar-refractivity contribution in [3.63, 3.8) is 0 Å². The Morgan fingerprint density at radius 1 is 0.500 bits per heavy atom. The molecule has 0 unspecified atom stereocenters. The van der Waals surface area contributed by atoms with Crippen LogP contribution in [0, 0.1) is 0 Å². The van der Waals surface area contributed by atoms with E-state index in [0.29, 0.717) is 11.4 Å². The molecule has 0 fully saturated rings. The van der Waals surface area contributed by atoms with Crippen molar-refractivity contribution < 1.29 is 36.2 Å². The van der Waals surface area contributed by atoms with Gasteiger partial charge in [0.05, 0.1) is 13.2 Å². The molecule has 0 amide bonds. The first-order valence-corrected chi connectivity index (χ1v) is 20.8. The van der Waals surface area contributed by atoms with Gasteiger partial charge in [0.25, 0.3) is 20.2 Å². The second kappa shape index (κ2) is 22.5. The predicted molar refractivity (Wildman–Crippen MR) is 242 cm³/mol. The van der Waals surface area contributed by atoms with E-state index in [4.69, 9.17) is 0 Å². The quantitative estimate of drug-likeness (QED) is 0.0349. The Morgan fingerprint density at radius 3 is 1.13 bits per heavy atom. The molecule has 0 spiro atoms. The summed E-state index contributed by atoms with van der Waals surface area (Å²) < 4.78 is 71.1. The molecule has 0 saturated heterocycles. The third-order valence-corrected chi connectivity index (χ3v) is 10.2. The molecule has 4 aromatic carbocycles. The van der Waals surface area contributed by atoms with E-state index in [1.807, 2.05) is 36.4 Å². The van der Waals surface area contributed by atoms with Crippen LogP contribution in [-0.4, -0.2) is 166 Å². The molecule has 0 aliphatic heterocycles. The summed E-state index contributed by atoms with van der Waals surface area (Å²) in [6.07, 6.45) is 2.51. The minimum absolute atomic E-state index is 0. The number of benzene rings is 4. The second-order valence-electron chi connectivity index (χ2n) is 12.9.